The van der Waals surface area contributed by atoms with Crippen LogP contribution in [0.25, 0.3) is 10.8 Å². The molecule has 0 aliphatic rings. The molecule has 0 aliphatic carbocycles. The second-order valence-corrected chi connectivity index (χ2v) is 6.59. The number of methoxy groups -OCH3 is 1. The third-order valence-corrected chi connectivity index (χ3v) is 4.47. The van der Waals surface area contributed by atoms with Crippen LogP contribution in [-0.4, -0.2) is 30.2 Å². The SMILES string of the molecule is COc1ccc2cc([C@H](C)C(=O)O[C@H](C)C(=O)Nc3cc(C)on3)ccc2c1. The number of amides is 1. The van der Waals surface area contributed by atoms with Crippen molar-refractivity contribution in [3.8, 4) is 5.75 Å². The van der Waals surface area contributed by atoms with E-state index in [2.05, 4.69) is 10.5 Å². The maximum absolute atomic E-state index is 12.5. The molecule has 0 unspecified atom stereocenters. The van der Waals surface area contributed by atoms with Gasteiger partial charge in [0.05, 0.1) is 13.0 Å². The van der Waals surface area contributed by atoms with Crippen molar-refractivity contribution >= 4 is 28.5 Å². The third kappa shape index (κ3) is 4.31. The normalized spacial score (nSPS) is 13.0. The summed E-state index contributed by atoms with van der Waals surface area (Å²) in [5.74, 6) is 0.156. The van der Waals surface area contributed by atoms with Gasteiger partial charge in [-0.2, -0.15) is 0 Å². The smallest absolute Gasteiger partial charge is 0.313 e. The van der Waals surface area contributed by atoms with Crippen LogP contribution in [0, 0.1) is 6.92 Å². The number of rotatable bonds is 6. The van der Waals surface area contributed by atoms with Crippen LogP contribution in [0.5, 0.6) is 5.75 Å². The van der Waals surface area contributed by atoms with Gasteiger partial charge < -0.3 is 19.3 Å². The van der Waals surface area contributed by atoms with Gasteiger partial charge in [0.25, 0.3) is 5.91 Å². The van der Waals surface area contributed by atoms with Crippen LogP contribution in [-0.2, 0) is 14.3 Å². The lowest BCUT2D eigenvalue weighted by molar-refractivity contribution is -0.154. The van der Waals surface area contributed by atoms with E-state index in [1.807, 2.05) is 36.4 Å². The molecule has 28 heavy (non-hydrogen) atoms. The molecule has 1 amide bonds. The molecule has 2 aromatic carbocycles. The van der Waals surface area contributed by atoms with Crippen molar-refractivity contribution in [2.75, 3.05) is 12.4 Å². The molecule has 3 rings (SSSR count). The quantitative estimate of drug-likeness (QED) is 0.652. The number of ether oxygens (including phenoxy) is 2. The van der Waals surface area contributed by atoms with E-state index < -0.39 is 23.9 Å². The standard InChI is InChI=1S/C21H22N2O5/c1-12-9-19(23-28-12)22-20(24)14(3)27-21(25)13(2)15-5-6-17-11-18(26-4)8-7-16(17)10-15/h5-11,13-14H,1-4H3,(H,22,23,24)/t13-,14+/m0/s1. The van der Waals surface area contributed by atoms with Gasteiger partial charge in [-0.25, -0.2) is 0 Å². The summed E-state index contributed by atoms with van der Waals surface area (Å²) in [5.41, 5.74) is 0.808. The van der Waals surface area contributed by atoms with Gasteiger partial charge in [-0.1, -0.05) is 29.4 Å². The van der Waals surface area contributed by atoms with E-state index in [4.69, 9.17) is 14.0 Å². The summed E-state index contributed by atoms with van der Waals surface area (Å²) in [5, 5.41) is 8.24. The number of carbonyl (C=O) groups is 2. The Hall–Kier alpha value is -3.35. The van der Waals surface area contributed by atoms with Crippen molar-refractivity contribution in [2.45, 2.75) is 32.8 Å². The molecule has 7 nitrogen and oxygen atoms in total. The van der Waals surface area contributed by atoms with Crippen molar-refractivity contribution in [1.29, 1.82) is 0 Å². The van der Waals surface area contributed by atoms with Crippen molar-refractivity contribution in [1.82, 2.24) is 5.16 Å². The molecule has 1 aromatic heterocycles. The Balaban J connectivity index is 1.66. The largest absolute Gasteiger partial charge is 0.497 e. The number of fused-ring (bicyclic) bond motifs is 1. The van der Waals surface area contributed by atoms with Crippen molar-refractivity contribution in [3.63, 3.8) is 0 Å². The Kier molecular flexibility index (Phi) is 5.63. The molecule has 1 heterocycles. The summed E-state index contributed by atoms with van der Waals surface area (Å²) in [7, 11) is 1.62. The predicted molar refractivity (Wildman–Crippen MR) is 104 cm³/mol. The summed E-state index contributed by atoms with van der Waals surface area (Å²) in [6, 6.07) is 13.1. The van der Waals surface area contributed by atoms with Gasteiger partial charge in [0.2, 0.25) is 0 Å². The molecule has 0 saturated carbocycles. The Morgan fingerprint density at radius 3 is 2.46 bits per heavy atom. The van der Waals surface area contributed by atoms with E-state index in [9.17, 15) is 9.59 Å². The lowest BCUT2D eigenvalue weighted by atomic mass is 9.98. The number of carbonyl (C=O) groups excluding carboxylic acids is 2. The van der Waals surface area contributed by atoms with Gasteiger partial charge in [-0.05, 0) is 49.2 Å². The average molecular weight is 382 g/mol. The minimum atomic E-state index is -0.961. The number of nitrogens with one attached hydrogen (secondary N) is 1. The lowest BCUT2D eigenvalue weighted by Crippen LogP contribution is -2.31. The van der Waals surface area contributed by atoms with Gasteiger partial charge in [0.15, 0.2) is 11.9 Å². The Bertz CT molecular complexity index is 1010. The maximum atomic E-state index is 12.5. The first-order valence-electron chi connectivity index (χ1n) is 8.89. The highest BCUT2D eigenvalue weighted by Crippen LogP contribution is 2.26. The fraction of sp³-hybridized carbons (Fsp3) is 0.286. The molecule has 0 fully saturated rings. The second-order valence-electron chi connectivity index (χ2n) is 6.59. The van der Waals surface area contributed by atoms with Crippen LogP contribution in [0.1, 0.15) is 31.1 Å². The number of hydrogen-bond acceptors (Lipinski definition) is 6. The zero-order valence-corrected chi connectivity index (χ0v) is 16.2. The minimum absolute atomic E-state index is 0.281. The van der Waals surface area contributed by atoms with Gasteiger partial charge in [0, 0.05) is 6.07 Å². The van der Waals surface area contributed by atoms with E-state index in [1.54, 1.807) is 27.0 Å². The molecule has 1 N–H and O–H groups in total. The molecule has 0 aliphatic heterocycles. The Morgan fingerprint density at radius 1 is 1.07 bits per heavy atom. The average Bonchev–Trinajstić information content (AvgIpc) is 3.10. The summed E-state index contributed by atoms with van der Waals surface area (Å²) in [6.07, 6.45) is -0.961. The molecular formula is C21H22N2O5. The molecule has 7 heteroatoms. The van der Waals surface area contributed by atoms with Crippen LogP contribution in [0.15, 0.2) is 47.0 Å². The number of benzene rings is 2. The van der Waals surface area contributed by atoms with E-state index in [1.165, 1.54) is 6.92 Å². The van der Waals surface area contributed by atoms with Crippen LogP contribution in [0.3, 0.4) is 0 Å². The fourth-order valence-electron chi connectivity index (χ4n) is 2.76. The number of esters is 1. The Morgan fingerprint density at radius 2 is 1.79 bits per heavy atom. The van der Waals surface area contributed by atoms with Crippen molar-refractivity contribution in [2.24, 2.45) is 0 Å². The molecule has 0 radical (unpaired) electrons. The van der Waals surface area contributed by atoms with Crippen molar-refractivity contribution < 1.29 is 23.6 Å². The van der Waals surface area contributed by atoms with E-state index >= 15 is 0 Å². The van der Waals surface area contributed by atoms with Crippen LogP contribution >= 0.6 is 0 Å². The number of aryl methyl sites for hydroxylation is 1. The monoisotopic (exact) mass is 382 g/mol. The molecule has 0 bridgehead atoms. The lowest BCUT2D eigenvalue weighted by Gasteiger charge is -2.17. The molecular weight excluding hydrogens is 360 g/mol. The van der Waals surface area contributed by atoms with Gasteiger partial charge in [-0.3, -0.25) is 9.59 Å². The van der Waals surface area contributed by atoms with Crippen LogP contribution in [0.2, 0.25) is 0 Å². The minimum Gasteiger partial charge on any atom is -0.497 e. The molecule has 3 aromatic rings. The third-order valence-electron chi connectivity index (χ3n) is 4.47. The number of anilines is 1. The zero-order chi connectivity index (χ0) is 20.3. The highest BCUT2D eigenvalue weighted by Gasteiger charge is 2.24. The first-order chi connectivity index (χ1) is 13.4. The highest BCUT2D eigenvalue weighted by molar-refractivity contribution is 5.95. The summed E-state index contributed by atoms with van der Waals surface area (Å²) in [6.45, 7) is 4.98. The number of hydrogen-bond donors (Lipinski definition) is 1. The Labute approximate surface area is 162 Å². The van der Waals surface area contributed by atoms with Crippen molar-refractivity contribution in [3.05, 3.63) is 53.8 Å². The predicted octanol–water partition coefficient (Wildman–Crippen LogP) is 3.82. The zero-order valence-electron chi connectivity index (χ0n) is 16.2. The molecule has 0 spiro atoms. The fourth-order valence-corrected chi connectivity index (χ4v) is 2.76. The summed E-state index contributed by atoms with van der Waals surface area (Å²) < 4.78 is 15.4. The van der Waals surface area contributed by atoms with Gasteiger partial charge in [0.1, 0.15) is 11.5 Å². The molecule has 2 atom stereocenters. The summed E-state index contributed by atoms with van der Waals surface area (Å²) >= 11 is 0. The van der Waals surface area contributed by atoms with E-state index in [0.717, 1.165) is 22.1 Å². The van der Waals surface area contributed by atoms with Crippen LogP contribution < -0.4 is 10.1 Å². The molecule has 146 valence electrons. The van der Waals surface area contributed by atoms with E-state index in [0.29, 0.717) is 5.76 Å². The number of aromatic nitrogens is 1. The van der Waals surface area contributed by atoms with Gasteiger partial charge in [-0.15, -0.1) is 0 Å². The first kappa shape index (κ1) is 19.4. The second kappa shape index (κ2) is 8.12. The van der Waals surface area contributed by atoms with Gasteiger partial charge >= 0.3 is 5.97 Å². The first-order valence-corrected chi connectivity index (χ1v) is 8.89. The summed E-state index contributed by atoms with van der Waals surface area (Å²) in [4.78, 5) is 24.7. The maximum Gasteiger partial charge on any atom is 0.313 e. The highest BCUT2D eigenvalue weighted by atomic mass is 16.5. The van der Waals surface area contributed by atoms with E-state index in [-0.39, 0.29) is 5.82 Å². The molecule has 0 saturated heterocycles. The topological polar surface area (TPSA) is 90.7 Å². The van der Waals surface area contributed by atoms with Crippen LogP contribution in [0.4, 0.5) is 5.82 Å². The number of nitrogens with zero attached hydrogens (tertiary/aromatic N) is 1.